The van der Waals surface area contributed by atoms with Crippen molar-refractivity contribution >= 4 is 37.4 Å². The van der Waals surface area contributed by atoms with Crippen LogP contribution in [0.3, 0.4) is 0 Å². The predicted octanol–water partition coefficient (Wildman–Crippen LogP) is 5.62. The number of halogens is 2. The summed E-state index contributed by atoms with van der Waals surface area (Å²) in [5, 5.41) is 0. The second-order valence-electron chi connectivity index (χ2n) is 7.18. The molecule has 0 aliphatic heterocycles. The van der Waals surface area contributed by atoms with Gasteiger partial charge in [-0.25, -0.2) is 4.57 Å². The quantitative estimate of drug-likeness (QED) is 0.245. The van der Waals surface area contributed by atoms with Gasteiger partial charge in [-0.05, 0) is 88.1 Å². The van der Waals surface area contributed by atoms with Crippen LogP contribution in [0.15, 0.2) is 76.2 Å². The SMILES string of the molecule is Brc1cc2ccc1CCc1ccc(cc1-[n+]1cc3cccc(Br)n3c1)CC2. The van der Waals surface area contributed by atoms with Gasteiger partial charge in [-0.1, -0.05) is 46.3 Å². The summed E-state index contributed by atoms with van der Waals surface area (Å²) in [6.45, 7) is 0. The van der Waals surface area contributed by atoms with Gasteiger partial charge in [0, 0.05) is 4.47 Å². The Bertz CT molecular complexity index is 1160. The lowest BCUT2D eigenvalue weighted by molar-refractivity contribution is -0.594. The Labute approximate surface area is 175 Å². The minimum Gasteiger partial charge on any atom is -0.201 e. The van der Waals surface area contributed by atoms with Crippen LogP contribution < -0.4 is 4.57 Å². The average Bonchev–Trinajstić information content (AvgIpc) is 3.10. The van der Waals surface area contributed by atoms with E-state index in [9.17, 15) is 0 Å². The van der Waals surface area contributed by atoms with E-state index in [1.165, 1.54) is 37.9 Å². The summed E-state index contributed by atoms with van der Waals surface area (Å²) in [5.74, 6) is 0. The molecule has 2 nitrogen and oxygen atoms in total. The molecule has 0 fully saturated rings. The molecule has 0 spiro atoms. The molecular weight excluding hydrogens is 464 g/mol. The second-order valence-corrected chi connectivity index (χ2v) is 8.85. The van der Waals surface area contributed by atoms with Gasteiger partial charge in [-0.2, -0.15) is 4.40 Å². The van der Waals surface area contributed by atoms with E-state index in [4.69, 9.17) is 0 Å². The van der Waals surface area contributed by atoms with Crippen molar-refractivity contribution in [3.8, 4) is 5.69 Å². The van der Waals surface area contributed by atoms with Gasteiger partial charge < -0.3 is 0 Å². The normalized spacial score (nSPS) is 13.7. The topological polar surface area (TPSA) is 8.29 Å². The van der Waals surface area contributed by atoms with Gasteiger partial charge in [0.15, 0.2) is 10.1 Å². The van der Waals surface area contributed by atoms with E-state index in [-0.39, 0.29) is 0 Å². The minimum atomic E-state index is 1.02. The Morgan fingerprint density at radius 1 is 0.778 bits per heavy atom. The molecule has 27 heavy (non-hydrogen) atoms. The van der Waals surface area contributed by atoms with Gasteiger partial charge in [0.2, 0.25) is 0 Å². The first-order chi connectivity index (χ1) is 13.2. The van der Waals surface area contributed by atoms with E-state index in [2.05, 4.69) is 108 Å². The fourth-order valence-corrected chi connectivity index (χ4v) is 4.97. The summed E-state index contributed by atoms with van der Waals surface area (Å²) in [7, 11) is 0. The van der Waals surface area contributed by atoms with Crippen molar-refractivity contribution in [1.29, 1.82) is 0 Å². The molecule has 0 unspecified atom stereocenters. The number of aryl methyl sites for hydroxylation is 4. The number of rotatable bonds is 1. The Morgan fingerprint density at radius 2 is 1.52 bits per heavy atom. The summed E-state index contributed by atoms with van der Waals surface area (Å²) in [6.07, 6.45) is 8.54. The first-order valence-corrected chi connectivity index (χ1v) is 10.8. The lowest BCUT2D eigenvalue weighted by Gasteiger charge is -2.13. The molecule has 0 radical (unpaired) electrons. The van der Waals surface area contributed by atoms with Crippen LogP contribution in [-0.2, 0) is 25.7 Å². The summed E-state index contributed by atoms with van der Waals surface area (Å²) in [5.41, 5.74) is 8.00. The molecule has 2 aromatic heterocycles. The van der Waals surface area contributed by atoms with Crippen LogP contribution in [-0.4, -0.2) is 4.40 Å². The standard InChI is InChI=1S/C23H19Br2N2/c24-21-12-16-4-5-17-7-9-19(11-10-18(21)8-6-16)22(13-17)26-14-20-2-1-3-23(25)27(20)15-26/h1-3,6-9,12-15H,4-5,10-11H2/q+1. The van der Waals surface area contributed by atoms with E-state index < -0.39 is 0 Å². The summed E-state index contributed by atoms with van der Waals surface area (Å²) >= 11 is 7.42. The highest BCUT2D eigenvalue weighted by atomic mass is 79.9. The Hall–Kier alpha value is -1.91. The van der Waals surface area contributed by atoms with Crippen molar-refractivity contribution in [3.05, 3.63) is 98.5 Å². The Kier molecular flexibility index (Phi) is 4.41. The number of pyridine rings is 1. The van der Waals surface area contributed by atoms with E-state index in [1.54, 1.807) is 0 Å². The van der Waals surface area contributed by atoms with Crippen LogP contribution in [0.1, 0.15) is 22.3 Å². The van der Waals surface area contributed by atoms with Crippen LogP contribution in [0.4, 0.5) is 0 Å². The summed E-state index contributed by atoms with van der Waals surface area (Å²) < 4.78 is 6.74. The van der Waals surface area contributed by atoms with Crippen molar-refractivity contribution in [2.24, 2.45) is 0 Å². The van der Waals surface area contributed by atoms with E-state index in [0.29, 0.717) is 0 Å². The molecule has 0 N–H and O–H groups in total. The molecular formula is C23H19Br2N2+. The van der Waals surface area contributed by atoms with E-state index in [1.807, 2.05) is 0 Å². The van der Waals surface area contributed by atoms with E-state index in [0.717, 1.165) is 30.3 Å². The van der Waals surface area contributed by atoms with Gasteiger partial charge in [0.05, 0.1) is 0 Å². The number of imidazole rings is 1. The Morgan fingerprint density at radius 3 is 2.30 bits per heavy atom. The maximum absolute atomic E-state index is 3.77. The first kappa shape index (κ1) is 17.2. The predicted molar refractivity (Wildman–Crippen MR) is 116 cm³/mol. The third-order valence-corrected chi connectivity index (χ3v) is 6.82. The maximum atomic E-state index is 3.77. The monoisotopic (exact) mass is 481 g/mol. The van der Waals surface area contributed by atoms with Gasteiger partial charge >= 0.3 is 0 Å². The molecule has 4 aliphatic carbocycles. The van der Waals surface area contributed by atoms with Gasteiger partial charge in [-0.15, -0.1) is 0 Å². The fourth-order valence-electron chi connectivity index (χ4n) is 3.89. The number of nitrogens with zero attached hydrogens (tertiary/aromatic N) is 2. The molecule has 2 aromatic carbocycles. The molecule has 8 rings (SSSR count). The lowest BCUT2D eigenvalue weighted by atomic mass is 9.95. The molecule has 4 bridgehead atoms. The van der Waals surface area contributed by atoms with E-state index >= 15 is 0 Å². The minimum absolute atomic E-state index is 1.02. The fraction of sp³-hybridized carbons (Fsp3) is 0.174. The average molecular weight is 483 g/mol. The zero-order chi connectivity index (χ0) is 18.4. The molecule has 2 heterocycles. The maximum Gasteiger partial charge on any atom is 0.255 e. The third kappa shape index (κ3) is 3.26. The molecule has 0 atom stereocenters. The number of fused-ring (bicyclic) bond motifs is 1. The first-order valence-electron chi connectivity index (χ1n) is 9.25. The molecule has 0 amide bonds. The number of aromatic nitrogens is 2. The smallest absolute Gasteiger partial charge is 0.201 e. The van der Waals surface area contributed by atoms with Crippen molar-refractivity contribution < 1.29 is 4.57 Å². The summed E-state index contributed by atoms with van der Waals surface area (Å²) in [6, 6.07) is 20.1. The van der Waals surface area contributed by atoms with Gasteiger partial charge in [0.1, 0.15) is 11.9 Å². The summed E-state index contributed by atoms with van der Waals surface area (Å²) in [4.78, 5) is 0. The lowest BCUT2D eigenvalue weighted by Crippen LogP contribution is -2.29. The number of benzene rings is 2. The molecule has 4 aromatic rings. The van der Waals surface area contributed by atoms with Crippen LogP contribution in [0.2, 0.25) is 0 Å². The third-order valence-electron chi connectivity index (χ3n) is 5.43. The Balaban J connectivity index is 1.63. The van der Waals surface area contributed by atoms with Crippen molar-refractivity contribution in [1.82, 2.24) is 4.40 Å². The molecule has 0 saturated carbocycles. The highest BCUT2D eigenvalue weighted by Crippen LogP contribution is 2.25. The number of hydrogen-bond acceptors (Lipinski definition) is 0. The number of hydrogen-bond donors (Lipinski definition) is 0. The van der Waals surface area contributed by atoms with Crippen molar-refractivity contribution in [3.63, 3.8) is 0 Å². The molecule has 134 valence electrons. The van der Waals surface area contributed by atoms with Crippen LogP contribution in [0.25, 0.3) is 11.2 Å². The van der Waals surface area contributed by atoms with Crippen LogP contribution in [0, 0.1) is 0 Å². The van der Waals surface area contributed by atoms with Crippen molar-refractivity contribution in [2.45, 2.75) is 25.7 Å². The second kappa shape index (κ2) is 6.92. The highest BCUT2D eigenvalue weighted by molar-refractivity contribution is 9.10. The largest absolute Gasteiger partial charge is 0.255 e. The highest BCUT2D eigenvalue weighted by Gasteiger charge is 2.16. The molecule has 0 saturated heterocycles. The van der Waals surface area contributed by atoms with Gasteiger partial charge in [-0.3, -0.25) is 0 Å². The van der Waals surface area contributed by atoms with Crippen LogP contribution in [0.5, 0.6) is 0 Å². The van der Waals surface area contributed by atoms with Crippen LogP contribution >= 0.6 is 31.9 Å². The van der Waals surface area contributed by atoms with Crippen molar-refractivity contribution in [2.75, 3.05) is 0 Å². The zero-order valence-electron chi connectivity index (χ0n) is 14.8. The molecule has 4 heteroatoms. The van der Waals surface area contributed by atoms with Gasteiger partial charge in [0.25, 0.3) is 6.33 Å². The molecule has 4 aliphatic rings. The zero-order valence-corrected chi connectivity index (χ0v) is 18.0.